The minimum Gasteiger partial charge on any atom is -0.478 e. The highest BCUT2D eigenvalue weighted by molar-refractivity contribution is 5.88. The third kappa shape index (κ3) is 3.50. The van der Waals surface area contributed by atoms with Crippen LogP contribution in [0, 0.1) is 0 Å². The number of carboxylic acids is 1. The van der Waals surface area contributed by atoms with Gasteiger partial charge in [0.25, 0.3) is 0 Å². The zero-order valence-corrected chi connectivity index (χ0v) is 12.2. The van der Waals surface area contributed by atoms with Gasteiger partial charge in [-0.1, -0.05) is 13.8 Å². The number of aromatic carboxylic acids is 1. The second-order valence-electron chi connectivity index (χ2n) is 4.78. The first-order valence-corrected chi connectivity index (χ1v) is 6.69. The molecule has 21 heavy (non-hydrogen) atoms. The second-order valence-corrected chi connectivity index (χ2v) is 4.78. The van der Waals surface area contributed by atoms with Crippen LogP contribution in [0.2, 0.25) is 0 Å². The van der Waals surface area contributed by atoms with Crippen molar-refractivity contribution >= 4 is 18.1 Å². The Morgan fingerprint density at radius 2 is 2.14 bits per heavy atom. The average Bonchev–Trinajstić information content (AvgIpc) is 2.92. The largest absolute Gasteiger partial charge is 0.478 e. The molecule has 110 valence electrons. The Balaban J connectivity index is 2.28. The number of aromatic nitrogens is 5. The van der Waals surface area contributed by atoms with Crippen molar-refractivity contribution in [3.05, 3.63) is 35.2 Å². The summed E-state index contributed by atoms with van der Waals surface area (Å²) in [7, 11) is 0. The summed E-state index contributed by atoms with van der Waals surface area (Å²) in [6.07, 6.45) is 6.43. The average molecular weight is 287 g/mol. The highest BCUT2D eigenvalue weighted by Crippen LogP contribution is 2.17. The summed E-state index contributed by atoms with van der Waals surface area (Å²) in [5, 5.41) is 17.4. The van der Waals surface area contributed by atoms with Gasteiger partial charge in [-0.15, -0.1) is 0 Å². The fourth-order valence-corrected chi connectivity index (χ4v) is 1.79. The minimum atomic E-state index is -1.01. The zero-order valence-electron chi connectivity index (χ0n) is 12.2. The molecule has 0 amide bonds. The molecule has 7 nitrogen and oxygen atoms in total. The maximum Gasteiger partial charge on any atom is 0.339 e. The number of carbonyl (C=O) groups is 1. The molecule has 0 aromatic carbocycles. The predicted octanol–water partition coefficient (Wildman–Crippen LogP) is 2.08. The van der Waals surface area contributed by atoms with Crippen LogP contribution < -0.4 is 0 Å². The molecule has 0 aliphatic carbocycles. The highest BCUT2D eigenvalue weighted by Gasteiger charge is 2.15. The summed E-state index contributed by atoms with van der Waals surface area (Å²) in [4.78, 5) is 21.1. The first-order chi connectivity index (χ1) is 10.0. The van der Waals surface area contributed by atoms with Crippen LogP contribution in [0.5, 0.6) is 0 Å². The first-order valence-electron chi connectivity index (χ1n) is 6.69. The molecule has 2 aromatic rings. The third-order valence-corrected chi connectivity index (χ3v) is 2.85. The molecule has 0 atom stereocenters. The van der Waals surface area contributed by atoms with E-state index in [1.807, 2.05) is 20.8 Å². The molecule has 0 aliphatic heterocycles. The van der Waals surface area contributed by atoms with Gasteiger partial charge in [0.15, 0.2) is 5.82 Å². The van der Waals surface area contributed by atoms with E-state index in [2.05, 4.69) is 20.2 Å². The summed E-state index contributed by atoms with van der Waals surface area (Å²) >= 11 is 0. The monoisotopic (exact) mass is 287 g/mol. The molecule has 0 bridgehead atoms. The highest BCUT2D eigenvalue weighted by atomic mass is 16.4. The molecule has 0 fully saturated rings. The molecule has 0 unspecified atom stereocenters. The molecule has 2 aromatic heterocycles. The summed E-state index contributed by atoms with van der Waals surface area (Å²) in [5.74, 6) is -0.554. The second kappa shape index (κ2) is 6.25. The quantitative estimate of drug-likeness (QED) is 0.904. The zero-order chi connectivity index (χ0) is 15.4. The maximum absolute atomic E-state index is 11.1. The molecule has 1 N–H and O–H groups in total. The van der Waals surface area contributed by atoms with Crippen molar-refractivity contribution in [3.63, 3.8) is 0 Å². The normalized spacial score (nSPS) is 11.4. The topological polar surface area (TPSA) is 93.8 Å². The summed E-state index contributed by atoms with van der Waals surface area (Å²) in [6, 6.07) is 0. The SMILES string of the molecule is CCn1ncc(C=Cc2ncc(C(=O)O)c(C(C)C)n2)n1. The first kappa shape index (κ1) is 14.8. The molecule has 7 heteroatoms. The standard InChI is InChI=1S/C14H17N5O2/c1-4-19-16-7-10(18-19)5-6-12-15-8-11(14(20)21)13(17-12)9(2)3/h5-9H,4H2,1-3H3,(H,20,21). The van der Waals surface area contributed by atoms with E-state index in [9.17, 15) is 4.79 Å². The number of hydrogen-bond donors (Lipinski definition) is 1. The van der Waals surface area contributed by atoms with E-state index in [1.54, 1.807) is 23.1 Å². The smallest absolute Gasteiger partial charge is 0.339 e. The van der Waals surface area contributed by atoms with E-state index >= 15 is 0 Å². The predicted molar refractivity (Wildman–Crippen MR) is 77.7 cm³/mol. The number of rotatable bonds is 5. The van der Waals surface area contributed by atoms with Crippen LogP contribution >= 0.6 is 0 Å². The lowest BCUT2D eigenvalue weighted by Gasteiger charge is -2.08. The Hall–Kier alpha value is -2.57. The van der Waals surface area contributed by atoms with Crippen molar-refractivity contribution < 1.29 is 9.90 Å². The van der Waals surface area contributed by atoms with Gasteiger partial charge in [-0.2, -0.15) is 15.0 Å². The van der Waals surface area contributed by atoms with Crippen LogP contribution in [0.1, 0.15) is 54.3 Å². The molecule has 0 saturated carbocycles. The molecule has 2 heterocycles. The van der Waals surface area contributed by atoms with Gasteiger partial charge >= 0.3 is 5.97 Å². The Morgan fingerprint density at radius 3 is 2.71 bits per heavy atom. The van der Waals surface area contributed by atoms with Gasteiger partial charge in [-0.25, -0.2) is 14.8 Å². The van der Waals surface area contributed by atoms with E-state index in [1.165, 1.54) is 6.20 Å². The van der Waals surface area contributed by atoms with Crippen molar-refractivity contribution in [2.45, 2.75) is 33.2 Å². The lowest BCUT2D eigenvalue weighted by molar-refractivity contribution is 0.0694. The Kier molecular flexibility index (Phi) is 4.42. The number of nitrogens with zero attached hydrogens (tertiary/aromatic N) is 5. The molecule has 0 aliphatic rings. The molecule has 0 saturated heterocycles. The number of aryl methyl sites for hydroxylation is 1. The van der Waals surface area contributed by atoms with Crippen LogP contribution in [0.15, 0.2) is 12.4 Å². The fourth-order valence-electron chi connectivity index (χ4n) is 1.79. The van der Waals surface area contributed by atoms with Gasteiger partial charge in [-0.3, -0.25) is 0 Å². The summed E-state index contributed by atoms with van der Waals surface area (Å²) in [6.45, 7) is 6.45. The summed E-state index contributed by atoms with van der Waals surface area (Å²) in [5.41, 5.74) is 1.36. The Bertz CT molecular complexity index is 676. The molecule has 2 rings (SSSR count). The van der Waals surface area contributed by atoms with Gasteiger partial charge in [0.05, 0.1) is 24.0 Å². The van der Waals surface area contributed by atoms with Crippen molar-refractivity contribution in [1.82, 2.24) is 25.0 Å². The van der Waals surface area contributed by atoms with Gasteiger partial charge in [0.1, 0.15) is 5.69 Å². The lowest BCUT2D eigenvalue weighted by Crippen LogP contribution is -2.08. The van der Waals surface area contributed by atoms with Crippen molar-refractivity contribution in [3.8, 4) is 0 Å². The van der Waals surface area contributed by atoms with Gasteiger partial charge in [0.2, 0.25) is 0 Å². The molecular formula is C14H17N5O2. The molecule has 0 spiro atoms. The van der Waals surface area contributed by atoms with Crippen LogP contribution in [-0.2, 0) is 6.54 Å². The van der Waals surface area contributed by atoms with E-state index in [0.717, 1.165) is 0 Å². The molecular weight excluding hydrogens is 270 g/mol. The minimum absolute atomic E-state index is 0.00668. The van der Waals surface area contributed by atoms with Gasteiger partial charge in [-0.05, 0) is 25.0 Å². The van der Waals surface area contributed by atoms with Crippen molar-refractivity contribution in [2.75, 3.05) is 0 Å². The van der Waals surface area contributed by atoms with E-state index in [0.29, 0.717) is 23.8 Å². The van der Waals surface area contributed by atoms with Crippen LogP contribution in [0.4, 0.5) is 0 Å². The van der Waals surface area contributed by atoms with Gasteiger partial charge < -0.3 is 5.11 Å². The van der Waals surface area contributed by atoms with E-state index in [4.69, 9.17) is 5.11 Å². The Labute approximate surface area is 122 Å². The van der Waals surface area contributed by atoms with E-state index < -0.39 is 5.97 Å². The molecule has 0 radical (unpaired) electrons. The lowest BCUT2D eigenvalue weighted by atomic mass is 10.1. The third-order valence-electron chi connectivity index (χ3n) is 2.85. The number of hydrogen-bond acceptors (Lipinski definition) is 5. The van der Waals surface area contributed by atoms with Crippen molar-refractivity contribution in [1.29, 1.82) is 0 Å². The number of carboxylic acid groups (broad SMARTS) is 1. The Morgan fingerprint density at radius 1 is 1.38 bits per heavy atom. The van der Waals surface area contributed by atoms with Gasteiger partial charge in [0, 0.05) is 6.20 Å². The fraction of sp³-hybridized carbons (Fsp3) is 0.357. The van der Waals surface area contributed by atoms with Crippen molar-refractivity contribution in [2.24, 2.45) is 0 Å². The summed E-state index contributed by atoms with van der Waals surface area (Å²) < 4.78 is 0. The van der Waals surface area contributed by atoms with E-state index in [-0.39, 0.29) is 11.5 Å². The van der Waals surface area contributed by atoms with Crippen LogP contribution in [0.25, 0.3) is 12.2 Å². The van der Waals surface area contributed by atoms with Crippen LogP contribution in [0.3, 0.4) is 0 Å². The van der Waals surface area contributed by atoms with Crippen LogP contribution in [-0.4, -0.2) is 36.0 Å². The maximum atomic E-state index is 11.1.